The number of nitrogen functional groups attached to an aromatic ring is 1. The summed E-state index contributed by atoms with van der Waals surface area (Å²) in [5, 5.41) is 6.35. The smallest absolute Gasteiger partial charge is 0.251 e. The van der Waals surface area contributed by atoms with Gasteiger partial charge in [-0.2, -0.15) is 0 Å². The van der Waals surface area contributed by atoms with E-state index in [2.05, 4.69) is 45.7 Å². The summed E-state index contributed by atoms with van der Waals surface area (Å²) >= 11 is 0. The number of hydrogen-bond acceptors (Lipinski definition) is 4. The van der Waals surface area contributed by atoms with Gasteiger partial charge in [0.2, 0.25) is 0 Å². The van der Waals surface area contributed by atoms with E-state index in [9.17, 15) is 4.79 Å². The molecule has 4 aromatic rings. The minimum atomic E-state index is -0.0533. The highest BCUT2D eigenvalue weighted by Crippen LogP contribution is 2.31. The van der Waals surface area contributed by atoms with Crippen LogP contribution in [-0.4, -0.2) is 33.4 Å². The van der Waals surface area contributed by atoms with Gasteiger partial charge in [-0.25, -0.2) is 4.98 Å². The standard InChI is InChI=1S/C26H29N5O/c1-3-30-10-9-24-22(16-30)21-12-18(7-8-23(21)31(24)4-2)26(32)29-14-17-5-6-19-15-28-25(27)13-20(19)11-17/h5-8,11-13,15H,3-4,9-10,14,16H2,1-2H3,(H2,27,28)(H,29,32). The van der Waals surface area contributed by atoms with Crippen LogP contribution in [0.4, 0.5) is 5.82 Å². The van der Waals surface area contributed by atoms with Gasteiger partial charge < -0.3 is 15.6 Å². The lowest BCUT2D eigenvalue weighted by molar-refractivity contribution is 0.0951. The number of benzene rings is 2. The van der Waals surface area contributed by atoms with Crippen molar-refractivity contribution < 1.29 is 4.79 Å². The Bertz CT molecular complexity index is 1320. The van der Waals surface area contributed by atoms with E-state index in [4.69, 9.17) is 5.73 Å². The first-order valence-electron chi connectivity index (χ1n) is 11.4. The third-order valence-corrected chi connectivity index (χ3v) is 6.62. The molecule has 1 aliphatic rings. The van der Waals surface area contributed by atoms with E-state index in [-0.39, 0.29) is 5.91 Å². The van der Waals surface area contributed by atoms with Crippen LogP contribution < -0.4 is 11.1 Å². The SMILES string of the molecule is CCN1CCc2c(c3cc(C(=O)NCc4ccc5cnc(N)cc5c4)ccc3n2CC)C1. The van der Waals surface area contributed by atoms with Crippen LogP contribution >= 0.6 is 0 Å². The van der Waals surface area contributed by atoms with Crippen LogP contribution in [0.25, 0.3) is 21.7 Å². The van der Waals surface area contributed by atoms with E-state index in [0.29, 0.717) is 17.9 Å². The van der Waals surface area contributed by atoms with Crippen molar-refractivity contribution in [1.82, 2.24) is 19.8 Å². The highest BCUT2D eigenvalue weighted by molar-refractivity contribution is 5.99. The first-order chi connectivity index (χ1) is 15.6. The van der Waals surface area contributed by atoms with Crippen molar-refractivity contribution >= 4 is 33.4 Å². The monoisotopic (exact) mass is 427 g/mol. The number of fused-ring (bicyclic) bond motifs is 4. The lowest BCUT2D eigenvalue weighted by atomic mass is 10.0. The van der Waals surface area contributed by atoms with Crippen molar-refractivity contribution in [2.24, 2.45) is 0 Å². The van der Waals surface area contributed by atoms with Crippen molar-refractivity contribution in [3.63, 3.8) is 0 Å². The quantitative estimate of drug-likeness (QED) is 0.503. The van der Waals surface area contributed by atoms with Gasteiger partial charge in [0, 0.05) is 66.3 Å². The van der Waals surface area contributed by atoms with Gasteiger partial charge in [-0.05, 0) is 60.3 Å². The molecule has 0 saturated carbocycles. The highest BCUT2D eigenvalue weighted by atomic mass is 16.1. The maximum Gasteiger partial charge on any atom is 0.251 e. The lowest BCUT2D eigenvalue weighted by Crippen LogP contribution is -2.30. The summed E-state index contributed by atoms with van der Waals surface area (Å²) in [5.41, 5.74) is 11.6. The molecular weight excluding hydrogens is 398 g/mol. The van der Waals surface area contributed by atoms with Crippen LogP contribution in [0.15, 0.2) is 48.7 Å². The number of nitrogens with two attached hydrogens (primary N) is 1. The summed E-state index contributed by atoms with van der Waals surface area (Å²) in [5.74, 6) is 0.443. The number of amides is 1. The summed E-state index contributed by atoms with van der Waals surface area (Å²) in [6, 6.07) is 14.0. The van der Waals surface area contributed by atoms with Crippen LogP contribution in [0.5, 0.6) is 0 Å². The van der Waals surface area contributed by atoms with Crippen molar-refractivity contribution in [3.8, 4) is 0 Å². The molecule has 0 fully saturated rings. The van der Waals surface area contributed by atoms with Gasteiger partial charge in [-0.15, -0.1) is 0 Å². The van der Waals surface area contributed by atoms with Gasteiger partial charge in [0.1, 0.15) is 5.82 Å². The predicted molar refractivity (Wildman–Crippen MR) is 130 cm³/mol. The second-order valence-corrected chi connectivity index (χ2v) is 8.49. The van der Waals surface area contributed by atoms with E-state index < -0.39 is 0 Å². The number of carbonyl (C=O) groups is 1. The summed E-state index contributed by atoms with van der Waals surface area (Å²) in [6.07, 6.45) is 2.83. The van der Waals surface area contributed by atoms with Crippen molar-refractivity contribution in [3.05, 3.63) is 71.0 Å². The fourth-order valence-corrected chi connectivity index (χ4v) is 4.88. The third kappa shape index (κ3) is 3.60. The molecule has 164 valence electrons. The number of aromatic nitrogens is 2. The molecule has 0 radical (unpaired) electrons. The Balaban J connectivity index is 1.40. The second kappa shape index (κ2) is 8.28. The molecular formula is C26H29N5O. The number of nitrogens with one attached hydrogen (secondary N) is 1. The van der Waals surface area contributed by atoms with E-state index in [0.717, 1.165) is 48.9 Å². The minimum absolute atomic E-state index is 0.0533. The number of aryl methyl sites for hydroxylation is 1. The molecule has 3 N–H and O–H groups in total. The molecule has 0 spiro atoms. The molecule has 2 aromatic heterocycles. The molecule has 5 rings (SSSR count). The molecule has 32 heavy (non-hydrogen) atoms. The molecule has 0 aliphatic carbocycles. The summed E-state index contributed by atoms with van der Waals surface area (Å²) < 4.78 is 2.41. The van der Waals surface area contributed by atoms with Crippen molar-refractivity contribution in [1.29, 1.82) is 0 Å². The zero-order valence-corrected chi connectivity index (χ0v) is 18.7. The topological polar surface area (TPSA) is 76.2 Å². The number of anilines is 1. The van der Waals surface area contributed by atoms with Crippen LogP contribution in [0.1, 0.15) is 41.0 Å². The Morgan fingerprint density at radius 3 is 2.78 bits per heavy atom. The molecule has 0 unspecified atom stereocenters. The fraction of sp³-hybridized carbons (Fsp3) is 0.308. The lowest BCUT2D eigenvalue weighted by Gasteiger charge is -2.26. The average Bonchev–Trinajstić information content (AvgIpc) is 3.14. The Morgan fingerprint density at radius 2 is 1.97 bits per heavy atom. The summed E-state index contributed by atoms with van der Waals surface area (Å²) in [4.78, 5) is 19.6. The molecule has 6 nitrogen and oxygen atoms in total. The van der Waals surface area contributed by atoms with Gasteiger partial charge in [-0.1, -0.05) is 19.1 Å². The molecule has 0 atom stereocenters. The second-order valence-electron chi connectivity index (χ2n) is 8.49. The van der Waals surface area contributed by atoms with Crippen LogP contribution in [0.3, 0.4) is 0 Å². The van der Waals surface area contributed by atoms with Gasteiger partial charge in [0.15, 0.2) is 0 Å². The Kier molecular flexibility index (Phi) is 5.31. The Morgan fingerprint density at radius 1 is 1.09 bits per heavy atom. The van der Waals surface area contributed by atoms with Crippen LogP contribution in [-0.2, 0) is 26.1 Å². The molecule has 6 heteroatoms. The Hall–Kier alpha value is -3.38. The summed E-state index contributed by atoms with van der Waals surface area (Å²) in [7, 11) is 0. The largest absolute Gasteiger partial charge is 0.384 e. The average molecular weight is 428 g/mol. The van der Waals surface area contributed by atoms with E-state index in [1.54, 1.807) is 6.20 Å². The Labute approximate surface area is 188 Å². The fourth-order valence-electron chi connectivity index (χ4n) is 4.88. The molecule has 1 aliphatic heterocycles. The van der Waals surface area contributed by atoms with Gasteiger partial charge in [-0.3, -0.25) is 9.69 Å². The van der Waals surface area contributed by atoms with Gasteiger partial charge in [0.25, 0.3) is 5.91 Å². The number of pyridine rings is 1. The number of likely N-dealkylation sites (N-methyl/N-ethyl adjacent to an activating group) is 1. The van der Waals surface area contributed by atoms with Crippen molar-refractivity contribution in [2.45, 2.75) is 39.9 Å². The molecule has 3 heterocycles. The van der Waals surface area contributed by atoms with Gasteiger partial charge in [0.05, 0.1) is 0 Å². The van der Waals surface area contributed by atoms with Crippen LogP contribution in [0, 0.1) is 0 Å². The highest BCUT2D eigenvalue weighted by Gasteiger charge is 2.23. The number of hydrogen-bond donors (Lipinski definition) is 2. The van der Waals surface area contributed by atoms with Crippen LogP contribution in [0.2, 0.25) is 0 Å². The molecule has 0 saturated heterocycles. The summed E-state index contributed by atoms with van der Waals surface area (Å²) in [6.45, 7) is 8.92. The zero-order valence-electron chi connectivity index (χ0n) is 18.7. The van der Waals surface area contributed by atoms with Gasteiger partial charge >= 0.3 is 0 Å². The third-order valence-electron chi connectivity index (χ3n) is 6.62. The van der Waals surface area contributed by atoms with E-state index >= 15 is 0 Å². The molecule has 2 aromatic carbocycles. The maximum atomic E-state index is 13.0. The van der Waals surface area contributed by atoms with Crippen molar-refractivity contribution in [2.75, 3.05) is 18.8 Å². The maximum absolute atomic E-state index is 13.0. The number of nitrogens with zero attached hydrogens (tertiary/aromatic N) is 3. The van der Waals surface area contributed by atoms with E-state index in [1.165, 1.54) is 22.2 Å². The van der Waals surface area contributed by atoms with E-state index in [1.807, 2.05) is 30.3 Å². The molecule has 1 amide bonds. The minimum Gasteiger partial charge on any atom is -0.384 e. The first kappa shape index (κ1) is 20.5. The first-order valence-corrected chi connectivity index (χ1v) is 11.4. The number of carbonyl (C=O) groups excluding carboxylic acids is 1. The number of rotatable bonds is 5. The normalized spacial score (nSPS) is 14.1. The predicted octanol–water partition coefficient (Wildman–Crippen LogP) is 4.10. The molecule has 0 bridgehead atoms. The zero-order chi connectivity index (χ0) is 22.2.